The summed E-state index contributed by atoms with van der Waals surface area (Å²) in [5.41, 5.74) is 1.43. The van der Waals surface area contributed by atoms with E-state index < -0.39 is 18.9 Å². The number of aromatic nitrogens is 2. The van der Waals surface area contributed by atoms with Crippen molar-refractivity contribution < 1.29 is 36.6 Å². The van der Waals surface area contributed by atoms with Gasteiger partial charge in [-0.15, -0.1) is 0 Å². The minimum absolute atomic E-state index is 0.0163. The Hall–Kier alpha value is -3.54. The summed E-state index contributed by atoms with van der Waals surface area (Å²) >= 11 is 0. The van der Waals surface area contributed by atoms with Crippen molar-refractivity contribution in [2.24, 2.45) is 0 Å². The molecule has 8 nitrogen and oxygen atoms in total. The molecule has 0 saturated heterocycles. The lowest BCUT2D eigenvalue weighted by Gasteiger charge is -2.21. The Morgan fingerprint density at radius 1 is 1.16 bits per heavy atom. The Kier molecular flexibility index (Phi) is 7.59. The van der Waals surface area contributed by atoms with Crippen molar-refractivity contribution in [3.05, 3.63) is 42.2 Å². The van der Waals surface area contributed by atoms with E-state index in [-0.39, 0.29) is 42.3 Å². The summed E-state index contributed by atoms with van der Waals surface area (Å²) in [6.45, 7) is -2.75. The first-order chi connectivity index (χ1) is 18.3. The Morgan fingerprint density at radius 3 is 2.58 bits per heavy atom. The van der Waals surface area contributed by atoms with Crippen LogP contribution in [-0.4, -0.2) is 72.1 Å². The van der Waals surface area contributed by atoms with Crippen LogP contribution in [0.1, 0.15) is 36.0 Å². The zero-order valence-corrected chi connectivity index (χ0v) is 20.7. The van der Waals surface area contributed by atoms with Gasteiger partial charge in [-0.2, -0.15) is 8.78 Å². The van der Waals surface area contributed by atoms with Gasteiger partial charge in [0.2, 0.25) is 0 Å². The van der Waals surface area contributed by atoms with Gasteiger partial charge in [0.15, 0.2) is 0 Å². The third kappa shape index (κ3) is 6.12. The second-order valence-corrected chi connectivity index (χ2v) is 9.38. The number of halogens is 4. The number of carbonyl (C=O) groups excluding carboxylic acids is 1. The number of hydrogen-bond donors (Lipinski definition) is 1. The van der Waals surface area contributed by atoms with Crippen LogP contribution in [0.15, 0.2) is 36.7 Å². The molecule has 0 aliphatic heterocycles. The molecule has 0 atom stereocenters. The van der Waals surface area contributed by atoms with Gasteiger partial charge in [-0.1, -0.05) is 0 Å². The van der Waals surface area contributed by atoms with Crippen LogP contribution in [0.2, 0.25) is 0 Å². The molecule has 2 heterocycles. The maximum atomic E-state index is 13.2. The van der Waals surface area contributed by atoms with E-state index >= 15 is 0 Å². The lowest BCUT2D eigenvalue weighted by molar-refractivity contribution is -0.0502. The molecule has 2 aliphatic rings. The van der Waals surface area contributed by atoms with Gasteiger partial charge in [0, 0.05) is 36.5 Å². The summed E-state index contributed by atoms with van der Waals surface area (Å²) < 4.78 is 69.7. The molecule has 0 radical (unpaired) electrons. The van der Waals surface area contributed by atoms with Crippen LogP contribution >= 0.6 is 0 Å². The van der Waals surface area contributed by atoms with Gasteiger partial charge >= 0.3 is 6.61 Å². The highest BCUT2D eigenvalue weighted by Crippen LogP contribution is 2.37. The minimum atomic E-state index is -3.14. The SMILES string of the molecule is COc1cc(-c2cnc3cc(OCCN(CC(F)F)C4CC4)ccn23)cc(OC(F)F)c1C(=O)NC1CC1. The Morgan fingerprint density at radius 2 is 1.92 bits per heavy atom. The van der Waals surface area contributed by atoms with E-state index in [4.69, 9.17) is 14.2 Å². The molecule has 0 unspecified atom stereocenters. The number of carbonyl (C=O) groups is 1. The van der Waals surface area contributed by atoms with E-state index in [1.54, 1.807) is 39.9 Å². The van der Waals surface area contributed by atoms with E-state index in [9.17, 15) is 22.4 Å². The first-order valence-electron chi connectivity index (χ1n) is 12.4. The van der Waals surface area contributed by atoms with E-state index in [0.717, 1.165) is 25.7 Å². The number of fused-ring (bicyclic) bond motifs is 1. The molecule has 1 amide bonds. The van der Waals surface area contributed by atoms with Crippen molar-refractivity contribution in [1.82, 2.24) is 19.6 Å². The number of methoxy groups -OCH3 is 1. The highest BCUT2D eigenvalue weighted by molar-refractivity contribution is 6.01. The maximum Gasteiger partial charge on any atom is 0.387 e. The fourth-order valence-electron chi connectivity index (χ4n) is 4.38. The van der Waals surface area contributed by atoms with Gasteiger partial charge in [0.1, 0.15) is 35.1 Å². The first-order valence-corrected chi connectivity index (χ1v) is 12.4. The zero-order valence-electron chi connectivity index (χ0n) is 20.7. The van der Waals surface area contributed by atoms with E-state index in [2.05, 4.69) is 10.3 Å². The number of nitrogens with zero attached hydrogens (tertiary/aromatic N) is 3. The fourth-order valence-corrected chi connectivity index (χ4v) is 4.38. The van der Waals surface area contributed by atoms with Crippen molar-refractivity contribution in [2.45, 2.75) is 50.8 Å². The molecule has 5 rings (SSSR count). The van der Waals surface area contributed by atoms with Crippen LogP contribution in [0.25, 0.3) is 16.9 Å². The normalized spacial score (nSPS) is 15.5. The van der Waals surface area contributed by atoms with E-state index in [1.807, 2.05) is 0 Å². The van der Waals surface area contributed by atoms with E-state index in [0.29, 0.717) is 29.2 Å². The van der Waals surface area contributed by atoms with Crippen molar-refractivity contribution in [3.8, 4) is 28.5 Å². The van der Waals surface area contributed by atoms with Crippen molar-refractivity contribution >= 4 is 11.6 Å². The number of ether oxygens (including phenoxy) is 3. The molecule has 1 N–H and O–H groups in total. The molecule has 38 heavy (non-hydrogen) atoms. The number of hydrogen-bond acceptors (Lipinski definition) is 6. The standard InChI is InChI=1S/C26H28F4N4O4/c1-36-20-10-15(11-21(38-26(29)30)24(20)25(35)32-16-2-3-16)19-13-31-23-12-18(6-7-34(19)23)37-9-8-33(14-22(27)28)17-4-5-17/h6-7,10-13,16-17,22,26H,2-5,8-9,14H2,1H3,(H,32,35). The predicted molar refractivity (Wildman–Crippen MR) is 130 cm³/mol. The highest BCUT2D eigenvalue weighted by Gasteiger charge is 2.31. The van der Waals surface area contributed by atoms with Crippen molar-refractivity contribution in [2.75, 3.05) is 26.8 Å². The minimum Gasteiger partial charge on any atom is -0.496 e. The second kappa shape index (κ2) is 11.1. The summed E-state index contributed by atoms with van der Waals surface area (Å²) in [5.74, 6) is -0.226. The monoisotopic (exact) mass is 536 g/mol. The van der Waals surface area contributed by atoms with Gasteiger partial charge in [0.25, 0.3) is 12.3 Å². The molecule has 2 fully saturated rings. The molecular weight excluding hydrogens is 508 g/mol. The number of alkyl halides is 4. The average Bonchev–Trinajstić information content (AvgIpc) is 3.80. The molecule has 0 spiro atoms. The number of benzene rings is 1. The number of nitrogens with one attached hydrogen (secondary N) is 1. The highest BCUT2D eigenvalue weighted by atomic mass is 19.3. The summed E-state index contributed by atoms with van der Waals surface area (Å²) in [4.78, 5) is 18.9. The van der Waals surface area contributed by atoms with Crippen LogP contribution in [0, 0.1) is 0 Å². The Balaban J connectivity index is 1.37. The third-order valence-electron chi connectivity index (χ3n) is 6.51. The topological polar surface area (TPSA) is 77.3 Å². The van der Waals surface area contributed by atoms with Gasteiger partial charge in [-0.25, -0.2) is 13.8 Å². The lowest BCUT2D eigenvalue weighted by Crippen LogP contribution is -2.34. The van der Waals surface area contributed by atoms with Crippen molar-refractivity contribution in [1.29, 1.82) is 0 Å². The first kappa shape index (κ1) is 26.1. The molecule has 204 valence electrons. The Bertz CT molecular complexity index is 1290. The van der Waals surface area contributed by atoms with Crippen LogP contribution < -0.4 is 19.5 Å². The second-order valence-electron chi connectivity index (χ2n) is 9.38. The molecule has 12 heteroatoms. The molecule has 3 aromatic rings. The number of amides is 1. The summed E-state index contributed by atoms with van der Waals surface area (Å²) in [7, 11) is 1.35. The molecule has 2 saturated carbocycles. The molecule has 2 aliphatic carbocycles. The summed E-state index contributed by atoms with van der Waals surface area (Å²) in [6.07, 6.45) is 4.40. The van der Waals surface area contributed by atoms with Gasteiger partial charge in [-0.3, -0.25) is 14.1 Å². The smallest absolute Gasteiger partial charge is 0.387 e. The number of rotatable bonds is 13. The Labute approximate surface area is 216 Å². The number of imidazole rings is 1. The largest absolute Gasteiger partial charge is 0.496 e. The average molecular weight is 537 g/mol. The third-order valence-corrected chi connectivity index (χ3v) is 6.51. The van der Waals surface area contributed by atoms with Crippen molar-refractivity contribution in [3.63, 3.8) is 0 Å². The van der Waals surface area contributed by atoms with E-state index in [1.165, 1.54) is 13.2 Å². The van der Waals surface area contributed by atoms with Gasteiger partial charge in [0.05, 0.1) is 25.5 Å². The van der Waals surface area contributed by atoms with Gasteiger partial charge < -0.3 is 19.5 Å². The van der Waals surface area contributed by atoms with Crippen LogP contribution in [0.4, 0.5) is 17.6 Å². The van der Waals surface area contributed by atoms with Gasteiger partial charge in [-0.05, 0) is 43.9 Å². The van der Waals surface area contributed by atoms with Crippen LogP contribution in [0.3, 0.4) is 0 Å². The van der Waals surface area contributed by atoms with Crippen LogP contribution in [0.5, 0.6) is 17.2 Å². The summed E-state index contributed by atoms with van der Waals surface area (Å²) in [5, 5.41) is 2.78. The lowest BCUT2D eigenvalue weighted by atomic mass is 10.1. The zero-order chi connectivity index (χ0) is 26.8. The van der Waals surface area contributed by atoms with Crippen LogP contribution in [-0.2, 0) is 0 Å². The number of pyridine rings is 1. The molecule has 2 aromatic heterocycles. The molecular formula is C26H28F4N4O4. The summed E-state index contributed by atoms with van der Waals surface area (Å²) in [6, 6.07) is 6.56. The fraction of sp³-hybridized carbons (Fsp3) is 0.462. The molecule has 1 aromatic carbocycles. The quantitative estimate of drug-likeness (QED) is 0.322. The maximum absolute atomic E-state index is 13.2. The predicted octanol–water partition coefficient (Wildman–Crippen LogP) is 4.61. The molecule has 0 bridgehead atoms.